The van der Waals surface area contributed by atoms with Gasteiger partial charge in [0.25, 0.3) is 0 Å². The van der Waals surface area contributed by atoms with E-state index in [9.17, 15) is 0 Å². The summed E-state index contributed by atoms with van der Waals surface area (Å²) in [7, 11) is 0. The van der Waals surface area contributed by atoms with Gasteiger partial charge < -0.3 is 0 Å². The molecule has 0 N–H and O–H groups in total. The third-order valence-electron chi connectivity index (χ3n) is 2.96. The van der Waals surface area contributed by atoms with Crippen molar-refractivity contribution in [1.29, 1.82) is 0 Å². The minimum absolute atomic E-state index is 0.846. The second-order valence-electron chi connectivity index (χ2n) is 4.21. The topological polar surface area (TPSA) is 0 Å². The number of allylic oxidation sites excluding steroid dienone is 2. The van der Waals surface area contributed by atoms with Crippen molar-refractivity contribution in [3.05, 3.63) is 85.0 Å². The Morgan fingerprint density at radius 2 is 1.61 bits per heavy atom. The van der Waals surface area contributed by atoms with E-state index in [2.05, 4.69) is 49.6 Å². The lowest BCUT2D eigenvalue weighted by atomic mass is 9.93. The SMILES string of the molecule is C=CCc1[c]cccc1-c1ccccc1CC=C. The van der Waals surface area contributed by atoms with Gasteiger partial charge in [-0.2, -0.15) is 0 Å². The lowest BCUT2D eigenvalue weighted by Crippen LogP contribution is -1.92. The molecule has 0 aliphatic carbocycles. The van der Waals surface area contributed by atoms with E-state index < -0.39 is 0 Å². The first kappa shape index (κ1) is 12.4. The standard InChI is InChI=1S/C18H17/c1-3-9-15-11-5-7-13-17(15)18-14-8-6-12-16(18)10-4-2/h3-8,11,13-14H,1-2,9-10H2. The van der Waals surface area contributed by atoms with E-state index in [1.807, 2.05) is 24.3 Å². The molecule has 1 radical (unpaired) electrons. The van der Waals surface area contributed by atoms with Gasteiger partial charge in [-0.1, -0.05) is 54.6 Å². The van der Waals surface area contributed by atoms with Crippen LogP contribution in [0, 0.1) is 6.07 Å². The second kappa shape index (κ2) is 6.02. The van der Waals surface area contributed by atoms with Crippen LogP contribution < -0.4 is 0 Å². The molecule has 0 amide bonds. The van der Waals surface area contributed by atoms with Gasteiger partial charge in [0, 0.05) is 0 Å². The fourth-order valence-corrected chi connectivity index (χ4v) is 2.15. The molecule has 0 fully saturated rings. The molecule has 0 saturated heterocycles. The zero-order chi connectivity index (χ0) is 12.8. The van der Waals surface area contributed by atoms with Crippen LogP contribution in [0.1, 0.15) is 11.1 Å². The predicted molar refractivity (Wildman–Crippen MR) is 78.5 cm³/mol. The molecule has 0 spiro atoms. The zero-order valence-electron chi connectivity index (χ0n) is 10.5. The van der Waals surface area contributed by atoms with Crippen LogP contribution >= 0.6 is 0 Å². The average Bonchev–Trinajstić information content (AvgIpc) is 2.41. The quantitative estimate of drug-likeness (QED) is 0.661. The van der Waals surface area contributed by atoms with Gasteiger partial charge in [0.15, 0.2) is 0 Å². The summed E-state index contributed by atoms with van der Waals surface area (Å²) in [6.07, 6.45) is 5.60. The third-order valence-corrected chi connectivity index (χ3v) is 2.96. The van der Waals surface area contributed by atoms with Crippen molar-refractivity contribution in [2.75, 3.05) is 0 Å². The van der Waals surface area contributed by atoms with Gasteiger partial charge >= 0.3 is 0 Å². The minimum Gasteiger partial charge on any atom is -0.103 e. The first-order valence-electron chi connectivity index (χ1n) is 6.16. The maximum absolute atomic E-state index is 3.83. The molecule has 0 aromatic heterocycles. The lowest BCUT2D eigenvalue weighted by Gasteiger charge is -2.11. The highest BCUT2D eigenvalue weighted by molar-refractivity contribution is 5.71. The zero-order valence-corrected chi connectivity index (χ0v) is 10.5. The van der Waals surface area contributed by atoms with E-state index in [0.717, 1.165) is 12.8 Å². The Labute approximate surface area is 109 Å². The van der Waals surface area contributed by atoms with Gasteiger partial charge in [0.2, 0.25) is 0 Å². The Morgan fingerprint density at radius 1 is 0.889 bits per heavy atom. The summed E-state index contributed by atoms with van der Waals surface area (Å²) >= 11 is 0. The maximum atomic E-state index is 3.83. The normalized spacial score (nSPS) is 10.0. The molecule has 2 aromatic rings. The Kier molecular flexibility index (Phi) is 4.14. The van der Waals surface area contributed by atoms with Crippen LogP contribution in [0.15, 0.2) is 67.8 Å². The van der Waals surface area contributed by atoms with Crippen molar-refractivity contribution in [2.24, 2.45) is 0 Å². The molecular weight excluding hydrogens is 216 g/mol. The summed E-state index contributed by atoms with van der Waals surface area (Å²) in [5, 5.41) is 0. The van der Waals surface area contributed by atoms with E-state index in [4.69, 9.17) is 0 Å². The highest BCUT2D eigenvalue weighted by Crippen LogP contribution is 2.27. The molecule has 0 unspecified atom stereocenters. The number of hydrogen-bond donors (Lipinski definition) is 0. The molecule has 0 bridgehead atoms. The first-order chi connectivity index (χ1) is 8.86. The van der Waals surface area contributed by atoms with Crippen molar-refractivity contribution in [1.82, 2.24) is 0 Å². The number of hydrogen-bond acceptors (Lipinski definition) is 0. The summed E-state index contributed by atoms with van der Waals surface area (Å²) in [5.74, 6) is 0. The van der Waals surface area contributed by atoms with Crippen LogP contribution in [0.4, 0.5) is 0 Å². The van der Waals surface area contributed by atoms with Gasteiger partial charge in [-0.3, -0.25) is 0 Å². The van der Waals surface area contributed by atoms with E-state index >= 15 is 0 Å². The van der Waals surface area contributed by atoms with Gasteiger partial charge in [-0.25, -0.2) is 0 Å². The summed E-state index contributed by atoms with van der Waals surface area (Å²) in [5.41, 5.74) is 5.02. The smallest absolute Gasteiger partial charge is 0.00878 e. The molecule has 0 heterocycles. The Balaban J connectivity index is 2.54. The monoisotopic (exact) mass is 233 g/mol. The van der Waals surface area contributed by atoms with Crippen LogP contribution in [0.5, 0.6) is 0 Å². The Bertz CT molecular complexity index is 498. The summed E-state index contributed by atoms with van der Waals surface area (Å²) < 4.78 is 0. The van der Waals surface area contributed by atoms with Gasteiger partial charge in [0.05, 0.1) is 0 Å². The van der Waals surface area contributed by atoms with Crippen LogP contribution in [0.25, 0.3) is 11.1 Å². The summed E-state index contributed by atoms with van der Waals surface area (Å²) in [6, 6.07) is 17.9. The predicted octanol–water partition coefficient (Wildman–Crippen LogP) is 4.61. The van der Waals surface area contributed by atoms with Gasteiger partial charge in [-0.15, -0.1) is 13.2 Å². The van der Waals surface area contributed by atoms with E-state index in [0.29, 0.717) is 0 Å². The molecular formula is C18H17. The molecule has 18 heavy (non-hydrogen) atoms. The molecule has 2 rings (SSSR count). The average molecular weight is 233 g/mol. The van der Waals surface area contributed by atoms with Crippen molar-refractivity contribution in [3.63, 3.8) is 0 Å². The summed E-state index contributed by atoms with van der Waals surface area (Å²) in [4.78, 5) is 0. The molecule has 2 aromatic carbocycles. The summed E-state index contributed by atoms with van der Waals surface area (Å²) in [6.45, 7) is 7.64. The van der Waals surface area contributed by atoms with Gasteiger partial charge in [0.1, 0.15) is 0 Å². The minimum atomic E-state index is 0.846. The van der Waals surface area contributed by atoms with Crippen LogP contribution in [0.3, 0.4) is 0 Å². The molecule has 0 saturated carbocycles. The number of rotatable bonds is 5. The highest BCUT2D eigenvalue weighted by atomic mass is 14.1. The second-order valence-corrected chi connectivity index (χ2v) is 4.21. The first-order valence-corrected chi connectivity index (χ1v) is 6.16. The van der Waals surface area contributed by atoms with Crippen LogP contribution in [-0.2, 0) is 12.8 Å². The maximum Gasteiger partial charge on any atom is -0.00878 e. The van der Waals surface area contributed by atoms with Crippen molar-refractivity contribution in [3.8, 4) is 11.1 Å². The fourth-order valence-electron chi connectivity index (χ4n) is 2.15. The molecule has 0 aliphatic heterocycles. The Morgan fingerprint density at radius 3 is 2.39 bits per heavy atom. The molecule has 0 nitrogen and oxygen atoms in total. The molecule has 0 heteroatoms. The lowest BCUT2D eigenvalue weighted by molar-refractivity contribution is 1.24. The Hall–Kier alpha value is -2.08. The van der Waals surface area contributed by atoms with Gasteiger partial charge in [-0.05, 0) is 41.2 Å². The fraction of sp³-hybridized carbons (Fsp3) is 0.111. The molecule has 0 atom stereocenters. The third kappa shape index (κ3) is 2.60. The van der Waals surface area contributed by atoms with Crippen molar-refractivity contribution >= 4 is 0 Å². The highest BCUT2D eigenvalue weighted by Gasteiger charge is 2.07. The van der Waals surface area contributed by atoms with E-state index in [1.54, 1.807) is 0 Å². The van der Waals surface area contributed by atoms with Crippen LogP contribution in [-0.4, -0.2) is 0 Å². The number of benzene rings is 2. The van der Waals surface area contributed by atoms with Crippen molar-refractivity contribution < 1.29 is 0 Å². The molecule has 0 aliphatic rings. The molecule has 89 valence electrons. The van der Waals surface area contributed by atoms with E-state index in [1.165, 1.54) is 22.3 Å². The largest absolute Gasteiger partial charge is 0.103 e. The van der Waals surface area contributed by atoms with Crippen molar-refractivity contribution in [2.45, 2.75) is 12.8 Å². The van der Waals surface area contributed by atoms with E-state index in [-0.39, 0.29) is 0 Å². The van der Waals surface area contributed by atoms with Crippen LogP contribution in [0.2, 0.25) is 0 Å².